The van der Waals surface area contributed by atoms with E-state index in [1.54, 1.807) is 30.3 Å². The third kappa shape index (κ3) is 3.66. The third-order valence-corrected chi connectivity index (χ3v) is 3.73. The van der Waals surface area contributed by atoms with Gasteiger partial charge < -0.3 is 9.88 Å². The number of nitrogens with zero attached hydrogens (tertiary/aromatic N) is 3. The number of nitro groups is 1. The van der Waals surface area contributed by atoms with Crippen LogP contribution in [-0.2, 0) is 12.7 Å². The molecule has 1 N–H and O–H groups in total. The molecule has 0 fully saturated rings. The zero-order valence-corrected chi connectivity index (χ0v) is 13.3. The number of benzene rings is 2. The highest BCUT2D eigenvalue weighted by atomic mass is 19.4. The molecule has 1 heterocycles. The topological polar surface area (TPSA) is 73.0 Å². The van der Waals surface area contributed by atoms with Gasteiger partial charge in [0.1, 0.15) is 5.69 Å². The predicted molar refractivity (Wildman–Crippen MR) is 89.0 cm³/mol. The van der Waals surface area contributed by atoms with E-state index in [-0.39, 0.29) is 17.9 Å². The zero-order chi connectivity index (χ0) is 18.7. The normalized spacial score (nSPS) is 11.3. The van der Waals surface area contributed by atoms with Crippen LogP contribution in [0.3, 0.4) is 0 Å². The third-order valence-electron chi connectivity index (χ3n) is 3.73. The van der Waals surface area contributed by atoms with Gasteiger partial charge in [-0.05, 0) is 11.6 Å². The highest BCUT2D eigenvalue weighted by molar-refractivity contribution is 5.67. The average Bonchev–Trinajstić information content (AvgIpc) is 3.13. The number of anilines is 1. The van der Waals surface area contributed by atoms with Gasteiger partial charge in [0.25, 0.3) is 5.69 Å². The van der Waals surface area contributed by atoms with Gasteiger partial charge in [0, 0.05) is 30.7 Å². The van der Waals surface area contributed by atoms with Crippen molar-refractivity contribution in [2.24, 2.45) is 0 Å². The summed E-state index contributed by atoms with van der Waals surface area (Å²) in [5, 5.41) is 14.0. The van der Waals surface area contributed by atoms with E-state index in [4.69, 9.17) is 0 Å². The van der Waals surface area contributed by atoms with E-state index in [0.29, 0.717) is 6.07 Å². The van der Waals surface area contributed by atoms with Crippen molar-refractivity contribution in [3.63, 3.8) is 0 Å². The smallest absolute Gasteiger partial charge is 0.380 e. The Morgan fingerprint density at radius 3 is 2.50 bits per heavy atom. The van der Waals surface area contributed by atoms with E-state index >= 15 is 0 Å². The number of hydrogen-bond acceptors (Lipinski definition) is 4. The first-order valence-electron chi connectivity index (χ1n) is 7.52. The number of rotatable bonds is 5. The predicted octanol–water partition coefficient (Wildman–Crippen LogP) is 4.41. The second-order valence-corrected chi connectivity index (χ2v) is 5.45. The molecule has 1 aromatic heterocycles. The lowest BCUT2D eigenvalue weighted by atomic mass is 10.1. The quantitative estimate of drug-likeness (QED) is 0.539. The Bertz CT molecular complexity index is 910. The summed E-state index contributed by atoms with van der Waals surface area (Å²) in [6, 6.07) is 10.5. The van der Waals surface area contributed by atoms with Crippen LogP contribution in [0.15, 0.2) is 61.2 Å². The lowest BCUT2D eigenvalue weighted by molar-refractivity contribution is -0.384. The fraction of sp³-hybridized carbons (Fsp3) is 0.118. The molecule has 0 spiro atoms. The van der Waals surface area contributed by atoms with Gasteiger partial charge in [-0.2, -0.15) is 13.2 Å². The van der Waals surface area contributed by atoms with Crippen molar-refractivity contribution in [2.45, 2.75) is 12.7 Å². The van der Waals surface area contributed by atoms with Crippen molar-refractivity contribution in [1.29, 1.82) is 0 Å². The Morgan fingerprint density at radius 1 is 1.19 bits per heavy atom. The van der Waals surface area contributed by atoms with Crippen LogP contribution in [0.4, 0.5) is 24.5 Å². The van der Waals surface area contributed by atoms with E-state index in [2.05, 4.69) is 10.3 Å². The zero-order valence-electron chi connectivity index (χ0n) is 13.3. The molecule has 0 aliphatic rings. The number of hydrogen-bond donors (Lipinski definition) is 1. The van der Waals surface area contributed by atoms with Crippen molar-refractivity contribution in [3.05, 3.63) is 82.4 Å². The van der Waals surface area contributed by atoms with Crippen molar-refractivity contribution in [2.75, 3.05) is 5.32 Å². The highest BCUT2D eigenvalue weighted by Gasteiger charge is 2.36. The fourth-order valence-corrected chi connectivity index (χ4v) is 2.51. The number of nitrogens with one attached hydrogen (secondary N) is 1. The minimum Gasteiger partial charge on any atom is -0.380 e. The molecule has 3 aromatic rings. The summed E-state index contributed by atoms with van der Waals surface area (Å²) in [4.78, 5) is 14.2. The molecule has 0 atom stereocenters. The fourth-order valence-electron chi connectivity index (χ4n) is 2.51. The summed E-state index contributed by atoms with van der Waals surface area (Å²) in [5.74, 6) is 0. The van der Waals surface area contributed by atoms with Crippen molar-refractivity contribution >= 4 is 11.4 Å². The van der Waals surface area contributed by atoms with Crippen LogP contribution >= 0.6 is 0 Å². The second-order valence-electron chi connectivity index (χ2n) is 5.45. The van der Waals surface area contributed by atoms with Crippen LogP contribution in [0.1, 0.15) is 11.1 Å². The van der Waals surface area contributed by atoms with Crippen molar-refractivity contribution in [3.8, 4) is 5.69 Å². The largest absolute Gasteiger partial charge is 0.418 e. The molecule has 0 bridgehead atoms. The van der Waals surface area contributed by atoms with Crippen LogP contribution < -0.4 is 5.32 Å². The minimum atomic E-state index is -4.74. The molecule has 0 aliphatic heterocycles. The summed E-state index contributed by atoms with van der Waals surface area (Å²) in [7, 11) is 0. The molecular formula is C17H13F3N4O2. The molecule has 9 heteroatoms. The first-order valence-corrected chi connectivity index (χ1v) is 7.52. The maximum Gasteiger partial charge on any atom is 0.418 e. The number of alkyl halides is 3. The molecule has 6 nitrogen and oxygen atoms in total. The molecule has 134 valence electrons. The molecule has 0 unspecified atom stereocenters. The number of nitro benzene ring substituents is 1. The standard InChI is InChI=1S/C17H13F3N4O2/c18-17(19,20)13-8-16(24(25)26)15(23-7-6-21-11-23)9-14(13)22-10-12-4-2-1-3-5-12/h1-9,11,22H,10H2. The summed E-state index contributed by atoms with van der Waals surface area (Å²) in [6.07, 6.45) is -0.636. The number of aromatic nitrogens is 2. The molecule has 0 amide bonds. The highest BCUT2D eigenvalue weighted by Crippen LogP contribution is 2.40. The SMILES string of the molecule is O=[N+]([O-])c1cc(C(F)(F)F)c(NCc2ccccc2)cc1-n1ccnc1. The maximum atomic E-state index is 13.4. The Hall–Kier alpha value is -3.36. The van der Waals surface area contributed by atoms with Gasteiger partial charge >= 0.3 is 6.18 Å². The van der Waals surface area contributed by atoms with E-state index < -0.39 is 22.4 Å². The van der Waals surface area contributed by atoms with Gasteiger partial charge in [-0.25, -0.2) is 4.98 Å². The minimum absolute atomic E-state index is 0.00365. The van der Waals surface area contributed by atoms with Crippen molar-refractivity contribution < 1.29 is 18.1 Å². The molecule has 26 heavy (non-hydrogen) atoms. The average molecular weight is 362 g/mol. The van der Waals surface area contributed by atoms with Gasteiger partial charge in [0.05, 0.1) is 16.8 Å². The van der Waals surface area contributed by atoms with E-state index in [9.17, 15) is 23.3 Å². The lowest BCUT2D eigenvalue weighted by Crippen LogP contribution is -2.13. The van der Waals surface area contributed by atoms with Crippen LogP contribution in [0.2, 0.25) is 0 Å². The van der Waals surface area contributed by atoms with Crippen LogP contribution in [0, 0.1) is 10.1 Å². The number of halogens is 3. The molecule has 3 rings (SSSR count). The van der Waals surface area contributed by atoms with E-state index in [1.165, 1.54) is 23.3 Å². The van der Waals surface area contributed by atoms with Gasteiger partial charge in [0.2, 0.25) is 0 Å². The van der Waals surface area contributed by atoms with Gasteiger partial charge in [-0.1, -0.05) is 30.3 Å². The van der Waals surface area contributed by atoms with Crippen LogP contribution in [0.25, 0.3) is 5.69 Å². The second kappa shape index (κ2) is 6.87. The Kier molecular flexibility index (Phi) is 4.61. The molecular weight excluding hydrogens is 349 g/mol. The summed E-state index contributed by atoms with van der Waals surface area (Å²) in [6.45, 7) is 0.144. The maximum absolute atomic E-state index is 13.4. The van der Waals surface area contributed by atoms with Crippen LogP contribution in [-0.4, -0.2) is 14.5 Å². The molecule has 0 radical (unpaired) electrons. The summed E-state index contributed by atoms with van der Waals surface area (Å²) >= 11 is 0. The molecule has 0 saturated carbocycles. The van der Waals surface area contributed by atoms with Gasteiger partial charge in [0.15, 0.2) is 0 Å². The molecule has 0 aliphatic carbocycles. The summed E-state index contributed by atoms with van der Waals surface area (Å²) in [5.41, 5.74) is -1.21. The van der Waals surface area contributed by atoms with Gasteiger partial charge in [-0.3, -0.25) is 10.1 Å². The first-order chi connectivity index (χ1) is 12.4. The van der Waals surface area contributed by atoms with E-state index in [0.717, 1.165) is 11.6 Å². The lowest BCUT2D eigenvalue weighted by Gasteiger charge is -2.17. The molecule has 0 saturated heterocycles. The van der Waals surface area contributed by atoms with Gasteiger partial charge in [-0.15, -0.1) is 0 Å². The Labute approximate surface area is 146 Å². The Morgan fingerprint density at radius 2 is 1.92 bits per heavy atom. The summed E-state index contributed by atoms with van der Waals surface area (Å²) < 4.78 is 41.5. The monoisotopic (exact) mass is 362 g/mol. The van der Waals surface area contributed by atoms with E-state index in [1.807, 2.05) is 0 Å². The van der Waals surface area contributed by atoms with Crippen LogP contribution in [0.5, 0.6) is 0 Å². The number of imidazole rings is 1. The molecule has 2 aromatic carbocycles. The van der Waals surface area contributed by atoms with Crippen molar-refractivity contribution in [1.82, 2.24) is 9.55 Å². The Balaban J connectivity index is 2.08. The first kappa shape index (κ1) is 17.5.